The summed E-state index contributed by atoms with van der Waals surface area (Å²) in [6, 6.07) is 4.40. The molecule has 0 amide bonds. The van der Waals surface area contributed by atoms with E-state index in [0.717, 1.165) is 19.4 Å². The van der Waals surface area contributed by atoms with Crippen LogP contribution in [0.5, 0.6) is 0 Å². The number of thioether (sulfide) groups is 1. The second kappa shape index (κ2) is 8.22. The van der Waals surface area contributed by atoms with E-state index in [4.69, 9.17) is 27.9 Å². The van der Waals surface area contributed by atoms with Gasteiger partial charge in [0.2, 0.25) is 5.16 Å². The van der Waals surface area contributed by atoms with Gasteiger partial charge in [-0.3, -0.25) is 0 Å². The van der Waals surface area contributed by atoms with Gasteiger partial charge in [0.05, 0.1) is 28.3 Å². The third-order valence-corrected chi connectivity index (χ3v) is 7.35. The highest BCUT2D eigenvalue weighted by atomic mass is 35.5. The van der Waals surface area contributed by atoms with E-state index in [9.17, 15) is 8.42 Å². The van der Waals surface area contributed by atoms with Crippen LogP contribution < -0.4 is 0 Å². The Balaban J connectivity index is 1.61. The number of rotatable bonds is 7. The number of benzene rings is 1. The van der Waals surface area contributed by atoms with Crippen molar-refractivity contribution in [3.8, 4) is 0 Å². The Bertz CT molecular complexity index is 838. The minimum absolute atomic E-state index is 0.0428. The molecule has 0 bridgehead atoms. The van der Waals surface area contributed by atoms with Gasteiger partial charge in [0.1, 0.15) is 0 Å². The summed E-state index contributed by atoms with van der Waals surface area (Å²) in [5.41, 5.74) is 0. The Kier molecular flexibility index (Phi) is 6.21. The lowest BCUT2D eigenvalue weighted by Crippen LogP contribution is -2.17. The topological polar surface area (TPSA) is 87.0 Å². The standard InChI is InChI=1S/C14H16Cl2N4O3S2/c15-10-3-4-12(16)13(8-10)25(21,22)7-6-24-14-17-18-19-20(14)9-11-2-1-5-23-11/h3-4,8,11H,1-2,5-7,9H2/t11-/m1/s1. The minimum atomic E-state index is -3.54. The molecule has 2 aromatic rings. The van der Waals surface area contributed by atoms with E-state index < -0.39 is 9.84 Å². The van der Waals surface area contributed by atoms with Gasteiger partial charge >= 0.3 is 0 Å². The maximum Gasteiger partial charge on any atom is 0.209 e. The van der Waals surface area contributed by atoms with E-state index in [1.807, 2.05) is 0 Å². The fraction of sp³-hybridized carbons (Fsp3) is 0.500. The molecule has 2 heterocycles. The fourth-order valence-electron chi connectivity index (χ4n) is 2.46. The van der Waals surface area contributed by atoms with Crippen molar-refractivity contribution >= 4 is 44.8 Å². The molecule has 136 valence electrons. The molecule has 0 radical (unpaired) electrons. The van der Waals surface area contributed by atoms with Crippen molar-refractivity contribution in [3.05, 3.63) is 28.2 Å². The molecule has 3 rings (SSSR count). The van der Waals surface area contributed by atoms with Crippen molar-refractivity contribution in [3.63, 3.8) is 0 Å². The highest BCUT2D eigenvalue weighted by Crippen LogP contribution is 2.27. The molecule has 11 heteroatoms. The fourth-order valence-corrected chi connectivity index (χ4v) is 5.81. The van der Waals surface area contributed by atoms with Crippen molar-refractivity contribution in [1.82, 2.24) is 20.2 Å². The Labute approximate surface area is 159 Å². The molecular formula is C14H16Cl2N4O3S2. The summed E-state index contributed by atoms with van der Waals surface area (Å²) in [5.74, 6) is 0.210. The van der Waals surface area contributed by atoms with E-state index in [2.05, 4.69) is 15.5 Å². The van der Waals surface area contributed by atoms with Gasteiger partial charge in [-0.2, -0.15) is 0 Å². The van der Waals surface area contributed by atoms with E-state index in [-0.39, 0.29) is 21.8 Å². The van der Waals surface area contributed by atoms with E-state index in [0.29, 0.717) is 22.5 Å². The van der Waals surface area contributed by atoms with Gasteiger partial charge < -0.3 is 4.74 Å². The van der Waals surface area contributed by atoms with E-state index in [1.165, 1.54) is 23.9 Å². The lowest BCUT2D eigenvalue weighted by Gasteiger charge is -2.10. The van der Waals surface area contributed by atoms with Crippen LogP contribution in [0.4, 0.5) is 0 Å². The summed E-state index contributed by atoms with van der Waals surface area (Å²) < 4.78 is 32.2. The number of aromatic nitrogens is 4. The van der Waals surface area contributed by atoms with Crippen LogP contribution >= 0.6 is 35.0 Å². The predicted molar refractivity (Wildman–Crippen MR) is 96.0 cm³/mol. The molecule has 0 aliphatic carbocycles. The number of hydrogen-bond acceptors (Lipinski definition) is 7. The second-order valence-corrected chi connectivity index (χ2v) is 9.50. The lowest BCUT2D eigenvalue weighted by molar-refractivity contribution is 0.0912. The first-order valence-corrected chi connectivity index (χ1v) is 11.0. The zero-order valence-corrected chi connectivity index (χ0v) is 16.3. The molecule has 1 aromatic carbocycles. The molecule has 25 heavy (non-hydrogen) atoms. The average Bonchev–Trinajstić information content (AvgIpc) is 3.22. The maximum absolute atomic E-state index is 12.5. The Morgan fingerprint density at radius 2 is 2.20 bits per heavy atom. The highest BCUT2D eigenvalue weighted by molar-refractivity contribution is 8.00. The van der Waals surface area contributed by atoms with Gasteiger partial charge in [-0.15, -0.1) is 5.10 Å². The first kappa shape index (κ1) is 18.9. The van der Waals surface area contributed by atoms with Crippen LogP contribution in [0.15, 0.2) is 28.3 Å². The van der Waals surface area contributed by atoms with Gasteiger partial charge in [0.15, 0.2) is 9.84 Å². The zero-order valence-electron chi connectivity index (χ0n) is 13.1. The molecule has 1 saturated heterocycles. The van der Waals surface area contributed by atoms with Crippen molar-refractivity contribution < 1.29 is 13.2 Å². The monoisotopic (exact) mass is 422 g/mol. The predicted octanol–water partition coefficient (Wildman–Crippen LogP) is 2.72. The van der Waals surface area contributed by atoms with Crippen LogP contribution in [0, 0.1) is 0 Å². The van der Waals surface area contributed by atoms with Crippen molar-refractivity contribution in [2.45, 2.75) is 35.5 Å². The summed E-state index contributed by atoms with van der Waals surface area (Å²) in [7, 11) is -3.54. The Hall–Kier alpha value is -0.870. The summed E-state index contributed by atoms with van der Waals surface area (Å²) in [5, 5.41) is 12.6. The molecule has 0 N–H and O–H groups in total. The van der Waals surface area contributed by atoms with Crippen LogP contribution in [0.1, 0.15) is 12.8 Å². The van der Waals surface area contributed by atoms with Crippen LogP contribution in [0.2, 0.25) is 10.0 Å². The molecule has 0 saturated carbocycles. The van der Waals surface area contributed by atoms with E-state index in [1.54, 1.807) is 10.7 Å². The smallest absolute Gasteiger partial charge is 0.209 e. The van der Waals surface area contributed by atoms with Crippen molar-refractivity contribution in [1.29, 1.82) is 0 Å². The third-order valence-electron chi connectivity index (χ3n) is 3.71. The summed E-state index contributed by atoms with van der Waals surface area (Å²) in [6.45, 7) is 1.33. The maximum atomic E-state index is 12.5. The number of tetrazole rings is 1. The lowest BCUT2D eigenvalue weighted by atomic mass is 10.2. The molecule has 0 unspecified atom stereocenters. The highest BCUT2D eigenvalue weighted by Gasteiger charge is 2.21. The number of halogens is 2. The van der Waals surface area contributed by atoms with Crippen LogP contribution in [-0.2, 0) is 21.1 Å². The zero-order chi connectivity index (χ0) is 17.9. The number of ether oxygens (including phenoxy) is 1. The van der Waals surface area contributed by atoms with Gasteiger partial charge in [-0.05, 0) is 41.5 Å². The Morgan fingerprint density at radius 1 is 1.36 bits per heavy atom. The van der Waals surface area contributed by atoms with Crippen LogP contribution in [0.25, 0.3) is 0 Å². The van der Waals surface area contributed by atoms with Gasteiger partial charge in [-0.25, -0.2) is 13.1 Å². The SMILES string of the molecule is O=S(=O)(CCSc1nnnn1C[C@H]1CCCO1)c1cc(Cl)ccc1Cl. The van der Waals surface area contributed by atoms with Crippen LogP contribution in [0.3, 0.4) is 0 Å². The second-order valence-electron chi connectivity index (χ2n) is 5.52. The normalized spacial score (nSPS) is 17.9. The molecule has 1 aliphatic heterocycles. The molecule has 1 aromatic heterocycles. The Morgan fingerprint density at radius 3 is 2.96 bits per heavy atom. The quantitative estimate of drug-likeness (QED) is 0.633. The molecule has 1 atom stereocenters. The minimum Gasteiger partial charge on any atom is -0.376 e. The van der Waals surface area contributed by atoms with Crippen molar-refractivity contribution in [2.75, 3.05) is 18.1 Å². The van der Waals surface area contributed by atoms with Crippen LogP contribution in [-0.4, -0.2) is 52.8 Å². The molecule has 7 nitrogen and oxygen atoms in total. The molecule has 1 fully saturated rings. The molecular weight excluding hydrogens is 407 g/mol. The molecule has 0 spiro atoms. The van der Waals surface area contributed by atoms with Crippen molar-refractivity contribution in [2.24, 2.45) is 0 Å². The average molecular weight is 423 g/mol. The first-order valence-electron chi connectivity index (χ1n) is 7.64. The summed E-state index contributed by atoms with van der Waals surface area (Å²) >= 11 is 13.1. The third kappa shape index (κ3) is 4.85. The summed E-state index contributed by atoms with van der Waals surface area (Å²) in [4.78, 5) is 0.0428. The summed E-state index contributed by atoms with van der Waals surface area (Å²) in [6.07, 6.45) is 2.12. The van der Waals surface area contributed by atoms with Gasteiger partial charge in [0.25, 0.3) is 0 Å². The molecule has 1 aliphatic rings. The van der Waals surface area contributed by atoms with Gasteiger partial charge in [0, 0.05) is 17.4 Å². The first-order chi connectivity index (χ1) is 12.0. The number of sulfone groups is 1. The van der Waals surface area contributed by atoms with E-state index >= 15 is 0 Å². The van der Waals surface area contributed by atoms with Gasteiger partial charge in [-0.1, -0.05) is 35.0 Å². The largest absolute Gasteiger partial charge is 0.376 e. The number of nitrogens with zero attached hydrogens (tertiary/aromatic N) is 4. The number of hydrogen-bond donors (Lipinski definition) is 0.